The van der Waals surface area contributed by atoms with Crippen LogP contribution in [0.4, 0.5) is 0 Å². The van der Waals surface area contributed by atoms with Gasteiger partial charge >= 0.3 is 11.9 Å². The zero-order chi connectivity index (χ0) is 21.6. The number of carbonyl (C=O) groups is 2. The van der Waals surface area contributed by atoms with Crippen LogP contribution in [0.2, 0.25) is 0 Å². The van der Waals surface area contributed by atoms with E-state index in [0.717, 1.165) is 46.2 Å². The minimum absolute atomic E-state index is 0.0969. The van der Waals surface area contributed by atoms with Crippen LogP contribution in [0.15, 0.2) is 42.6 Å². The Hall–Kier alpha value is -2.95. The number of benzene rings is 1. The van der Waals surface area contributed by atoms with Gasteiger partial charge in [0.2, 0.25) is 0 Å². The molecule has 1 aromatic carbocycles. The largest absolute Gasteiger partial charge is 0.478 e. The lowest BCUT2D eigenvalue weighted by atomic mass is 9.48. The molecule has 0 saturated heterocycles. The highest BCUT2D eigenvalue weighted by atomic mass is 16.5. The number of aliphatic carboxylic acids is 1. The number of carboxylic acids is 1. The molecule has 5 nitrogen and oxygen atoms in total. The summed E-state index contributed by atoms with van der Waals surface area (Å²) in [4.78, 5) is 27.1. The molecule has 0 amide bonds. The molecule has 4 aliphatic carbocycles. The first-order valence-electron chi connectivity index (χ1n) is 11.1. The van der Waals surface area contributed by atoms with Gasteiger partial charge in [-0.25, -0.2) is 4.79 Å². The van der Waals surface area contributed by atoms with Crippen LogP contribution in [0.3, 0.4) is 0 Å². The van der Waals surface area contributed by atoms with Crippen molar-refractivity contribution in [3.63, 3.8) is 0 Å². The summed E-state index contributed by atoms with van der Waals surface area (Å²) in [6, 6.07) is 9.83. The van der Waals surface area contributed by atoms with E-state index in [0.29, 0.717) is 5.75 Å². The molecule has 4 aliphatic rings. The first-order chi connectivity index (χ1) is 14.9. The second-order valence-electron chi connectivity index (χ2n) is 9.65. The van der Waals surface area contributed by atoms with Gasteiger partial charge in [0, 0.05) is 30.3 Å². The molecule has 0 spiro atoms. The molecular weight excluding hydrogens is 390 g/mol. The highest BCUT2D eigenvalue weighted by Gasteiger charge is 2.52. The van der Waals surface area contributed by atoms with E-state index >= 15 is 0 Å². The van der Waals surface area contributed by atoms with Crippen molar-refractivity contribution >= 4 is 18.0 Å². The summed E-state index contributed by atoms with van der Waals surface area (Å²) in [7, 11) is 0. The zero-order valence-corrected chi connectivity index (χ0v) is 17.7. The van der Waals surface area contributed by atoms with Gasteiger partial charge in [0.15, 0.2) is 0 Å². The molecule has 2 aromatic rings. The molecule has 0 atom stereocenters. The van der Waals surface area contributed by atoms with Gasteiger partial charge in [-0.1, -0.05) is 6.07 Å². The van der Waals surface area contributed by atoms with E-state index in [-0.39, 0.29) is 11.4 Å². The Balaban J connectivity index is 1.52. The Morgan fingerprint density at radius 2 is 1.74 bits per heavy atom. The molecule has 0 radical (unpaired) electrons. The number of hydrogen-bond donors (Lipinski definition) is 1. The van der Waals surface area contributed by atoms with Gasteiger partial charge in [-0.2, -0.15) is 0 Å². The summed E-state index contributed by atoms with van der Waals surface area (Å²) in [6.07, 6.45) is 11.9. The quantitative estimate of drug-likeness (QED) is 0.409. The highest BCUT2D eigenvalue weighted by Crippen LogP contribution is 2.62. The van der Waals surface area contributed by atoms with E-state index in [1.807, 2.05) is 24.3 Å². The number of aromatic nitrogens is 1. The average molecular weight is 418 g/mol. The predicted molar refractivity (Wildman–Crippen MR) is 118 cm³/mol. The molecule has 160 valence electrons. The monoisotopic (exact) mass is 417 g/mol. The smallest absolute Gasteiger partial charge is 0.328 e. The van der Waals surface area contributed by atoms with Gasteiger partial charge in [-0.3, -0.25) is 9.78 Å². The Morgan fingerprint density at radius 3 is 2.29 bits per heavy atom. The fourth-order valence-electron chi connectivity index (χ4n) is 6.63. The lowest BCUT2D eigenvalue weighted by molar-refractivity contribution is -0.132. The van der Waals surface area contributed by atoms with Crippen molar-refractivity contribution in [2.75, 3.05) is 0 Å². The molecule has 4 saturated carbocycles. The van der Waals surface area contributed by atoms with Crippen molar-refractivity contribution in [2.24, 2.45) is 17.8 Å². The molecule has 0 unspecified atom stereocenters. The van der Waals surface area contributed by atoms with E-state index in [9.17, 15) is 9.59 Å². The molecule has 1 aromatic heterocycles. The van der Waals surface area contributed by atoms with Crippen molar-refractivity contribution in [1.29, 1.82) is 0 Å². The second kappa shape index (κ2) is 7.63. The Kier molecular flexibility index (Phi) is 4.92. The van der Waals surface area contributed by atoms with Crippen molar-refractivity contribution < 1.29 is 19.4 Å². The number of carboxylic acid groups (broad SMARTS) is 1. The van der Waals surface area contributed by atoms with Crippen LogP contribution in [0.25, 0.3) is 17.3 Å². The van der Waals surface area contributed by atoms with E-state index in [1.165, 1.54) is 51.5 Å². The summed E-state index contributed by atoms with van der Waals surface area (Å²) >= 11 is 0. The third kappa shape index (κ3) is 3.89. The summed E-state index contributed by atoms with van der Waals surface area (Å²) in [5.41, 5.74) is 3.82. The van der Waals surface area contributed by atoms with Gasteiger partial charge in [-0.15, -0.1) is 0 Å². The van der Waals surface area contributed by atoms with E-state index in [1.54, 1.807) is 6.20 Å². The molecule has 1 N–H and O–H groups in total. The topological polar surface area (TPSA) is 76.5 Å². The van der Waals surface area contributed by atoms with Crippen LogP contribution in [0.5, 0.6) is 5.75 Å². The number of pyridine rings is 1. The molecule has 4 bridgehead atoms. The lowest BCUT2D eigenvalue weighted by Gasteiger charge is -2.57. The Bertz CT molecular complexity index is 1020. The van der Waals surface area contributed by atoms with Gasteiger partial charge in [0.1, 0.15) is 5.75 Å². The maximum absolute atomic E-state index is 11.8. The number of nitrogens with zero attached hydrogens (tertiary/aromatic N) is 1. The van der Waals surface area contributed by atoms with Crippen LogP contribution < -0.4 is 4.74 Å². The van der Waals surface area contributed by atoms with E-state index < -0.39 is 5.97 Å². The number of hydrogen-bond acceptors (Lipinski definition) is 4. The fraction of sp³-hybridized carbons (Fsp3) is 0.423. The average Bonchev–Trinajstić information content (AvgIpc) is 2.71. The summed E-state index contributed by atoms with van der Waals surface area (Å²) < 4.78 is 5.68. The van der Waals surface area contributed by atoms with Crippen LogP contribution in [-0.4, -0.2) is 22.0 Å². The number of esters is 1. The molecule has 5 heteroatoms. The second-order valence-corrected chi connectivity index (χ2v) is 9.65. The summed E-state index contributed by atoms with van der Waals surface area (Å²) in [5.74, 6) is 1.80. The minimum atomic E-state index is -0.981. The highest BCUT2D eigenvalue weighted by molar-refractivity contribution is 5.85. The van der Waals surface area contributed by atoms with Crippen molar-refractivity contribution in [3.05, 3.63) is 53.7 Å². The number of rotatable bonds is 5. The van der Waals surface area contributed by atoms with E-state index in [2.05, 4.69) is 11.1 Å². The van der Waals surface area contributed by atoms with Crippen molar-refractivity contribution in [1.82, 2.24) is 4.98 Å². The van der Waals surface area contributed by atoms with Crippen LogP contribution >= 0.6 is 0 Å². The maximum atomic E-state index is 11.8. The van der Waals surface area contributed by atoms with Gasteiger partial charge in [0.05, 0.1) is 5.69 Å². The zero-order valence-electron chi connectivity index (χ0n) is 17.7. The first kappa shape index (κ1) is 20.0. The van der Waals surface area contributed by atoms with Crippen LogP contribution in [0.1, 0.15) is 56.6 Å². The van der Waals surface area contributed by atoms with Crippen LogP contribution in [0, 0.1) is 17.8 Å². The lowest BCUT2D eigenvalue weighted by Crippen LogP contribution is -2.48. The van der Waals surface area contributed by atoms with Gasteiger partial charge < -0.3 is 9.84 Å². The predicted octanol–water partition coefficient (Wildman–Crippen LogP) is 5.24. The first-order valence-corrected chi connectivity index (χ1v) is 11.1. The number of ether oxygens (including phenoxy) is 1. The SMILES string of the molecule is CC(=O)Oc1ccc(-c2ccc(C=CC(=O)O)cn2)cc1C12CC3CC(CC(C3)C1)C2. The maximum Gasteiger partial charge on any atom is 0.328 e. The third-order valence-electron chi connectivity index (χ3n) is 7.34. The summed E-state index contributed by atoms with van der Waals surface area (Å²) in [5, 5.41) is 8.80. The van der Waals surface area contributed by atoms with Crippen molar-refractivity contribution in [3.8, 4) is 17.0 Å². The van der Waals surface area contributed by atoms with Gasteiger partial charge in [-0.05, 0) is 97.6 Å². The third-order valence-corrected chi connectivity index (χ3v) is 7.34. The molecular formula is C26H27NO4. The molecule has 6 rings (SSSR count). The number of carbonyl (C=O) groups excluding carboxylic acids is 1. The van der Waals surface area contributed by atoms with Gasteiger partial charge in [0.25, 0.3) is 0 Å². The molecule has 31 heavy (non-hydrogen) atoms. The molecule has 1 heterocycles. The molecule has 0 aliphatic heterocycles. The summed E-state index contributed by atoms with van der Waals surface area (Å²) in [6.45, 7) is 1.46. The Labute approximate surface area is 182 Å². The normalized spacial score (nSPS) is 28.7. The standard InChI is InChI=1S/C26H27NO4/c1-16(28)31-24-6-4-21(23-5-2-17(15-27-23)3-7-25(29)30)11-22(24)26-12-18-8-19(13-26)10-20(9-18)14-26/h2-7,11,15,18-20H,8-10,12-14H2,1H3,(H,29,30). The van der Waals surface area contributed by atoms with Crippen LogP contribution in [-0.2, 0) is 15.0 Å². The van der Waals surface area contributed by atoms with Crippen molar-refractivity contribution in [2.45, 2.75) is 50.9 Å². The molecule has 4 fully saturated rings. The Morgan fingerprint density at radius 1 is 1.06 bits per heavy atom. The van der Waals surface area contributed by atoms with E-state index in [4.69, 9.17) is 9.84 Å². The minimum Gasteiger partial charge on any atom is -0.478 e. The fourth-order valence-corrected chi connectivity index (χ4v) is 6.63.